The molecule has 0 radical (unpaired) electrons. The fourth-order valence-corrected chi connectivity index (χ4v) is 2.07. The molecule has 2 aromatic rings. The van der Waals surface area contributed by atoms with E-state index in [2.05, 4.69) is 11.9 Å². The molecule has 0 aliphatic carbocycles. The van der Waals surface area contributed by atoms with Crippen LogP contribution >= 0.6 is 11.6 Å². The lowest BCUT2D eigenvalue weighted by Crippen LogP contribution is -1.96. The van der Waals surface area contributed by atoms with Crippen molar-refractivity contribution >= 4 is 11.6 Å². The van der Waals surface area contributed by atoms with Crippen LogP contribution in [0.15, 0.2) is 36.4 Å². The number of alkyl halides is 1. The van der Waals surface area contributed by atoms with Crippen LogP contribution in [0.25, 0.3) is 0 Å². The number of hydrogen-bond donors (Lipinski definition) is 0. The Hall–Kier alpha value is -1.58. The number of halogens is 1. The van der Waals surface area contributed by atoms with Crippen LogP contribution in [0.2, 0.25) is 0 Å². The van der Waals surface area contributed by atoms with Crippen molar-refractivity contribution in [3.05, 3.63) is 53.2 Å². The number of pyridine rings is 1. The van der Waals surface area contributed by atoms with E-state index >= 15 is 0 Å². The van der Waals surface area contributed by atoms with Gasteiger partial charge in [-0.15, -0.1) is 11.6 Å². The van der Waals surface area contributed by atoms with Gasteiger partial charge in [0.05, 0.1) is 6.61 Å². The smallest absolute Gasteiger partial charge is 0.219 e. The lowest BCUT2D eigenvalue weighted by Gasteiger charge is -2.09. The Morgan fingerprint density at radius 3 is 2.70 bits per heavy atom. The summed E-state index contributed by atoms with van der Waals surface area (Å²) in [7, 11) is 1.67. The molecule has 0 N–H and O–H groups in total. The zero-order valence-electron chi connectivity index (χ0n) is 11.7. The molecule has 3 nitrogen and oxygen atoms in total. The van der Waals surface area contributed by atoms with E-state index < -0.39 is 0 Å². The van der Waals surface area contributed by atoms with E-state index in [1.165, 1.54) is 0 Å². The van der Waals surface area contributed by atoms with Gasteiger partial charge >= 0.3 is 0 Å². The zero-order valence-corrected chi connectivity index (χ0v) is 12.5. The predicted molar refractivity (Wildman–Crippen MR) is 80.4 cm³/mol. The van der Waals surface area contributed by atoms with Crippen molar-refractivity contribution < 1.29 is 9.47 Å². The fourth-order valence-electron chi connectivity index (χ4n) is 1.92. The number of benzene rings is 1. The highest BCUT2D eigenvalue weighted by Gasteiger charge is 2.04. The summed E-state index contributed by atoms with van der Waals surface area (Å²) in [6, 6.07) is 11.7. The normalized spacial score (nSPS) is 10.6. The third kappa shape index (κ3) is 3.95. The number of aromatic nitrogens is 1. The molecular formula is C16H18ClNO2. The van der Waals surface area contributed by atoms with Crippen molar-refractivity contribution in [2.45, 2.75) is 25.8 Å². The topological polar surface area (TPSA) is 31.4 Å². The summed E-state index contributed by atoms with van der Waals surface area (Å²) in [5, 5.41) is 0. The second kappa shape index (κ2) is 7.27. The maximum absolute atomic E-state index is 5.90. The molecule has 0 saturated heterocycles. The van der Waals surface area contributed by atoms with E-state index in [9.17, 15) is 0 Å². The van der Waals surface area contributed by atoms with Crippen molar-refractivity contribution in [1.82, 2.24) is 4.98 Å². The molecule has 1 aromatic carbocycles. The van der Waals surface area contributed by atoms with Crippen molar-refractivity contribution in [2.75, 3.05) is 7.11 Å². The summed E-state index contributed by atoms with van der Waals surface area (Å²) < 4.78 is 10.9. The highest BCUT2D eigenvalue weighted by molar-refractivity contribution is 6.17. The minimum absolute atomic E-state index is 0.454. The lowest BCUT2D eigenvalue weighted by atomic mass is 10.2. The Morgan fingerprint density at radius 1 is 1.15 bits per heavy atom. The van der Waals surface area contributed by atoms with Crippen molar-refractivity contribution in [2.24, 2.45) is 0 Å². The SMILES string of the molecule is CCc1cc(CCl)cc(Oc2cccc(COC)c2)n1. The first-order valence-electron chi connectivity index (χ1n) is 6.56. The molecule has 0 saturated carbocycles. The maximum Gasteiger partial charge on any atom is 0.219 e. The van der Waals surface area contributed by atoms with Gasteiger partial charge in [0.25, 0.3) is 0 Å². The highest BCUT2D eigenvalue weighted by Crippen LogP contribution is 2.23. The van der Waals surface area contributed by atoms with Crippen LogP contribution in [0.1, 0.15) is 23.7 Å². The zero-order chi connectivity index (χ0) is 14.4. The molecule has 0 spiro atoms. The first kappa shape index (κ1) is 14.8. The van der Waals surface area contributed by atoms with Crippen molar-refractivity contribution in [3.63, 3.8) is 0 Å². The highest BCUT2D eigenvalue weighted by atomic mass is 35.5. The molecule has 0 aliphatic heterocycles. The van der Waals surface area contributed by atoms with Gasteiger partial charge in [0.2, 0.25) is 5.88 Å². The molecule has 0 aliphatic rings. The van der Waals surface area contributed by atoms with E-state index in [1.54, 1.807) is 7.11 Å². The average molecular weight is 292 g/mol. The van der Waals surface area contributed by atoms with Gasteiger partial charge in [-0.25, -0.2) is 4.98 Å². The third-order valence-electron chi connectivity index (χ3n) is 2.86. The molecule has 1 aromatic heterocycles. The molecule has 0 bridgehead atoms. The van der Waals surface area contributed by atoms with E-state index in [4.69, 9.17) is 21.1 Å². The lowest BCUT2D eigenvalue weighted by molar-refractivity contribution is 0.184. The second-order valence-corrected chi connectivity index (χ2v) is 4.74. The molecule has 0 amide bonds. The molecular weight excluding hydrogens is 274 g/mol. The number of rotatable bonds is 6. The summed E-state index contributed by atoms with van der Waals surface area (Å²) in [6.45, 7) is 2.62. The third-order valence-corrected chi connectivity index (χ3v) is 3.17. The fraction of sp³-hybridized carbons (Fsp3) is 0.312. The van der Waals surface area contributed by atoms with Gasteiger partial charge in [0, 0.05) is 24.8 Å². The van der Waals surface area contributed by atoms with Crippen LogP contribution in [0, 0.1) is 0 Å². The molecule has 20 heavy (non-hydrogen) atoms. The van der Waals surface area contributed by atoms with E-state index in [0.717, 1.165) is 29.0 Å². The van der Waals surface area contributed by atoms with Gasteiger partial charge in [0.1, 0.15) is 5.75 Å². The van der Waals surface area contributed by atoms with Gasteiger partial charge in [-0.05, 0) is 35.7 Å². The summed E-state index contributed by atoms with van der Waals surface area (Å²) in [5.41, 5.74) is 3.06. The number of aryl methyl sites for hydroxylation is 1. The molecule has 4 heteroatoms. The Kier molecular flexibility index (Phi) is 5.39. The number of hydrogen-bond acceptors (Lipinski definition) is 3. The molecule has 0 unspecified atom stereocenters. The van der Waals surface area contributed by atoms with Crippen LogP contribution in [-0.2, 0) is 23.6 Å². The van der Waals surface area contributed by atoms with Gasteiger partial charge in [-0.2, -0.15) is 0 Å². The summed E-state index contributed by atoms with van der Waals surface area (Å²) in [5.74, 6) is 1.78. The molecule has 0 fully saturated rings. The standard InChI is InChI=1S/C16H18ClNO2/c1-3-14-7-13(10-17)9-16(18-14)20-15-6-4-5-12(8-15)11-19-2/h4-9H,3,10-11H2,1-2H3. The number of ether oxygens (including phenoxy) is 2. The Bertz CT molecular complexity index is 550. The minimum Gasteiger partial charge on any atom is -0.439 e. The maximum atomic E-state index is 5.90. The first-order chi connectivity index (χ1) is 9.75. The van der Waals surface area contributed by atoms with Gasteiger partial charge in [0.15, 0.2) is 0 Å². The van der Waals surface area contributed by atoms with Gasteiger partial charge in [-0.3, -0.25) is 0 Å². The Balaban J connectivity index is 2.22. The van der Waals surface area contributed by atoms with Crippen LogP contribution in [0.3, 0.4) is 0 Å². The molecule has 0 atom stereocenters. The van der Waals surface area contributed by atoms with E-state index in [-0.39, 0.29) is 0 Å². The van der Waals surface area contributed by atoms with E-state index in [1.807, 2.05) is 36.4 Å². The van der Waals surface area contributed by atoms with Crippen LogP contribution in [-0.4, -0.2) is 12.1 Å². The van der Waals surface area contributed by atoms with Crippen LogP contribution in [0.5, 0.6) is 11.6 Å². The average Bonchev–Trinajstić information content (AvgIpc) is 2.47. The molecule has 2 rings (SSSR count). The Labute approximate surface area is 124 Å². The van der Waals surface area contributed by atoms with Gasteiger partial charge < -0.3 is 9.47 Å². The van der Waals surface area contributed by atoms with Crippen LogP contribution < -0.4 is 4.74 Å². The molecule has 1 heterocycles. The quantitative estimate of drug-likeness (QED) is 0.743. The number of nitrogens with zero attached hydrogens (tertiary/aromatic N) is 1. The second-order valence-electron chi connectivity index (χ2n) is 4.47. The first-order valence-corrected chi connectivity index (χ1v) is 7.10. The minimum atomic E-state index is 0.454. The summed E-state index contributed by atoms with van der Waals surface area (Å²) in [4.78, 5) is 4.46. The number of methoxy groups -OCH3 is 1. The Morgan fingerprint density at radius 2 is 2.00 bits per heavy atom. The van der Waals surface area contributed by atoms with Gasteiger partial charge in [-0.1, -0.05) is 19.1 Å². The van der Waals surface area contributed by atoms with Crippen LogP contribution in [0.4, 0.5) is 0 Å². The summed E-state index contributed by atoms with van der Waals surface area (Å²) >= 11 is 5.90. The summed E-state index contributed by atoms with van der Waals surface area (Å²) in [6.07, 6.45) is 0.852. The monoisotopic (exact) mass is 291 g/mol. The van der Waals surface area contributed by atoms with E-state index in [0.29, 0.717) is 18.4 Å². The predicted octanol–water partition coefficient (Wildman–Crippen LogP) is 4.32. The van der Waals surface area contributed by atoms with Crippen molar-refractivity contribution in [1.29, 1.82) is 0 Å². The molecule has 106 valence electrons. The largest absolute Gasteiger partial charge is 0.439 e. The van der Waals surface area contributed by atoms with Crippen molar-refractivity contribution in [3.8, 4) is 11.6 Å².